The van der Waals surface area contributed by atoms with E-state index >= 15 is 0 Å². The Morgan fingerprint density at radius 2 is 1.83 bits per heavy atom. The second-order valence-corrected chi connectivity index (χ2v) is 12.9. The molecule has 2 amide bonds. The number of likely N-dealkylation sites (tertiary alicyclic amines) is 1. The Morgan fingerprint density at radius 3 is 2.50 bits per heavy atom. The summed E-state index contributed by atoms with van der Waals surface area (Å²) in [5.41, 5.74) is 1.02. The monoisotopic (exact) mass is 633 g/mol. The number of hydrogen-bond acceptors (Lipinski definition) is 7. The van der Waals surface area contributed by atoms with Crippen LogP contribution in [0, 0.1) is 11.8 Å². The maximum atomic E-state index is 13.6. The summed E-state index contributed by atoms with van der Waals surface area (Å²) in [7, 11) is 0. The molecule has 6 atom stereocenters. The van der Waals surface area contributed by atoms with Crippen LogP contribution >= 0.6 is 35.0 Å². The Bertz CT molecular complexity index is 1500. The van der Waals surface area contributed by atoms with Gasteiger partial charge >= 0.3 is 11.9 Å². The van der Waals surface area contributed by atoms with Gasteiger partial charge in [-0.25, -0.2) is 9.59 Å². The summed E-state index contributed by atoms with van der Waals surface area (Å²) in [6, 6.07) is 10.1. The van der Waals surface area contributed by atoms with E-state index in [0.29, 0.717) is 40.1 Å². The summed E-state index contributed by atoms with van der Waals surface area (Å²) in [6.07, 6.45) is -0.549. The van der Waals surface area contributed by atoms with Gasteiger partial charge in [-0.15, -0.1) is 11.8 Å². The van der Waals surface area contributed by atoms with Gasteiger partial charge in [-0.05, 0) is 43.2 Å². The fourth-order valence-corrected chi connectivity index (χ4v) is 8.03. The average molecular weight is 635 g/mol. The third kappa shape index (κ3) is 5.51. The molecule has 0 spiro atoms. The maximum Gasteiger partial charge on any atom is 0.353 e. The lowest BCUT2D eigenvalue weighted by Crippen LogP contribution is -2.63. The first-order valence-electron chi connectivity index (χ1n) is 13.4. The van der Waals surface area contributed by atoms with E-state index in [1.54, 1.807) is 24.3 Å². The molecule has 0 saturated carbocycles. The minimum Gasteiger partial charge on any atom is -0.478 e. The topological polar surface area (TPSA) is 147 Å². The van der Waals surface area contributed by atoms with Gasteiger partial charge in [0.1, 0.15) is 5.70 Å². The number of fused-ring (bicyclic) bond motifs is 1. The number of amides is 2. The highest BCUT2D eigenvalue weighted by Crippen LogP contribution is 2.52. The molecule has 2 saturated heterocycles. The largest absolute Gasteiger partial charge is 0.478 e. The first-order valence-corrected chi connectivity index (χ1v) is 15.0. The van der Waals surface area contributed by atoms with Crippen LogP contribution in [-0.4, -0.2) is 78.9 Å². The lowest BCUT2D eigenvalue weighted by molar-refractivity contribution is -0.163. The number of aromatic carboxylic acids is 1. The smallest absolute Gasteiger partial charge is 0.353 e. The standard InChI is InChI=1S/C29H29Cl2N3O7S/c1-13-23-21(14(2)35)27(37)34(23)24(29(40)41)25(13)42-18-10-20(26(36)32-17-7-3-5-15(9-17)28(38)39)33(12-18)11-16-6-4-8-19(30)22(16)31/h3-9,13-14,18,20-21,23,35H,10-12H2,1-2H3,(H,32,36)(H,38,39)(H,40,41)/t13-,14-,18+,20+,21-,23-/m1/s1. The van der Waals surface area contributed by atoms with Crippen molar-refractivity contribution >= 4 is 64.4 Å². The summed E-state index contributed by atoms with van der Waals surface area (Å²) < 4.78 is 0. The molecular weight excluding hydrogens is 605 g/mol. The highest BCUT2D eigenvalue weighted by molar-refractivity contribution is 8.03. The van der Waals surface area contributed by atoms with Crippen molar-refractivity contribution in [1.82, 2.24) is 9.80 Å². The Labute approximate surface area is 256 Å². The number of carboxylic acids is 2. The number of nitrogens with one attached hydrogen (secondary N) is 1. The molecule has 2 aromatic rings. The van der Waals surface area contributed by atoms with Gasteiger partial charge in [0.15, 0.2) is 0 Å². The molecule has 0 aromatic heterocycles. The fraction of sp³-hybridized carbons (Fsp3) is 0.379. The highest BCUT2D eigenvalue weighted by Gasteiger charge is 2.60. The minimum atomic E-state index is -1.21. The summed E-state index contributed by atoms with van der Waals surface area (Å²) in [6.45, 7) is 4.09. The zero-order valence-corrected chi connectivity index (χ0v) is 25.0. The summed E-state index contributed by atoms with van der Waals surface area (Å²) >= 11 is 14.0. The molecule has 3 aliphatic rings. The molecular formula is C29H29Cl2N3O7S. The number of carboxylic acid groups (broad SMARTS) is 2. The number of hydrogen-bond donors (Lipinski definition) is 4. The Hall–Kier alpha value is -3.09. The van der Waals surface area contributed by atoms with Crippen LogP contribution in [0.3, 0.4) is 0 Å². The normalized spacial score (nSPS) is 26.2. The van der Waals surface area contributed by atoms with Crippen molar-refractivity contribution in [2.75, 3.05) is 11.9 Å². The number of carbonyl (C=O) groups is 4. The van der Waals surface area contributed by atoms with Crippen LogP contribution in [0.4, 0.5) is 5.69 Å². The predicted molar refractivity (Wildman–Crippen MR) is 158 cm³/mol. The Balaban J connectivity index is 1.41. The first-order chi connectivity index (χ1) is 19.9. The molecule has 0 aliphatic carbocycles. The molecule has 10 nitrogen and oxygen atoms in total. The first kappa shape index (κ1) is 30.4. The molecule has 13 heteroatoms. The van der Waals surface area contributed by atoms with Crippen molar-refractivity contribution in [3.05, 3.63) is 74.2 Å². The Kier molecular flexibility index (Phi) is 8.60. The molecule has 42 heavy (non-hydrogen) atoms. The Morgan fingerprint density at radius 1 is 1.12 bits per heavy atom. The third-order valence-corrected chi connectivity index (χ3v) is 10.4. The number of aliphatic hydroxyl groups is 1. The van der Waals surface area contributed by atoms with Crippen LogP contribution in [0.2, 0.25) is 10.0 Å². The van der Waals surface area contributed by atoms with Gasteiger partial charge in [0.2, 0.25) is 11.8 Å². The van der Waals surface area contributed by atoms with Gasteiger partial charge in [0.05, 0.1) is 39.7 Å². The van der Waals surface area contributed by atoms with Crippen molar-refractivity contribution in [2.45, 2.75) is 50.3 Å². The number of anilines is 1. The van der Waals surface area contributed by atoms with E-state index in [2.05, 4.69) is 5.32 Å². The number of β-lactam (4-membered cyclic amide) rings is 1. The second kappa shape index (κ2) is 11.9. The van der Waals surface area contributed by atoms with Gasteiger partial charge in [-0.2, -0.15) is 0 Å². The molecule has 2 fully saturated rings. The predicted octanol–water partition coefficient (Wildman–Crippen LogP) is 4.16. The molecule has 4 N–H and O–H groups in total. The van der Waals surface area contributed by atoms with E-state index in [1.165, 1.54) is 35.7 Å². The van der Waals surface area contributed by atoms with Crippen molar-refractivity contribution in [3.63, 3.8) is 0 Å². The highest BCUT2D eigenvalue weighted by atomic mass is 35.5. The molecule has 0 radical (unpaired) electrons. The van der Waals surface area contributed by atoms with E-state index in [4.69, 9.17) is 23.2 Å². The summed E-state index contributed by atoms with van der Waals surface area (Å²) in [5.74, 6) is -4.05. The maximum absolute atomic E-state index is 13.6. The summed E-state index contributed by atoms with van der Waals surface area (Å²) in [4.78, 5) is 53.8. The second-order valence-electron chi connectivity index (χ2n) is 10.8. The quantitative estimate of drug-likeness (QED) is 0.299. The van der Waals surface area contributed by atoms with E-state index in [1.807, 2.05) is 17.9 Å². The summed E-state index contributed by atoms with van der Waals surface area (Å²) in [5, 5.41) is 32.9. The lowest BCUT2D eigenvalue weighted by atomic mass is 9.79. The van der Waals surface area contributed by atoms with Gasteiger partial charge in [0, 0.05) is 34.8 Å². The van der Waals surface area contributed by atoms with Crippen LogP contribution in [0.25, 0.3) is 0 Å². The van der Waals surface area contributed by atoms with E-state index in [9.17, 15) is 34.5 Å². The third-order valence-electron chi connectivity index (χ3n) is 8.05. The van der Waals surface area contributed by atoms with Crippen LogP contribution in [0.5, 0.6) is 0 Å². The number of nitrogens with zero attached hydrogens (tertiary/aromatic N) is 2. The number of benzene rings is 2. The van der Waals surface area contributed by atoms with Crippen molar-refractivity contribution in [2.24, 2.45) is 11.8 Å². The minimum absolute atomic E-state index is 0.0354. The van der Waals surface area contributed by atoms with Gasteiger partial charge in [-0.3, -0.25) is 14.5 Å². The van der Waals surface area contributed by atoms with Crippen LogP contribution in [0.15, 0.2) is 53.1 Å². The number of thioether (sulfide) groups is 1. The van der Waals surface area contributed by atoms with E-state index < -0.39 is 42.0 Å². The average Bonchev–Trinajstić information content (AvgIpc) is 3.43. The van der Waals surface area contributed by atoms with E-state index in [0.717, 1.165) is 5.56 Å². The van der Waals surface area contributed by atoms with Gasteiger partial charge < -0.3 is 25.5 Å². The molecule has 5 rings (SSSR count). The van der Waals surface area contributed by atoms with Crippen LogP contribution in [-0.2, 0) is 20.9 Å². The number of aliphatic carboxylic acids is 1. The van der Waals surface area contributed by atoms with Crippen LogP contribution < -0.4 is 5.32 Å². The number of aliphatic hydroxyl groups excluding tert-OH is 1. The molecule has 3 aliphatic heterocycles. The number of halogens is 2. The zero-order chi connectivity index (χ0) is 30.5. The van der Waals surface area contributed by atoms with Crippen molar-refractivity contribution in [1.29, 1.82) is 0 Å². The fourth-order valence-electron chi connectivity index (χ4n) is 6.10. The molecule has 0 unspecified atom stereocenters. The lowest BCUT2D eigenvalue weighted by Gasteiger charge is -2.46. The molecule has 3 heterocycles. The van der Waals surface area contributed by atoms with Gasteiger partial charge in [-0.1, -0.05) is 48.3 Å². The van der Waals surface area contributed by atoms with E-state index in [-0.39, 0.29) is 28.3 Å². The van der Waals surface area contributed by atoms with Crippen LogP contribution in [0.1, 0.15) is 36.2 Å². The SMILES string of the molecule is C[C@@H](O)[C@H]1C(=O)N2C(C(=O)O)=C(S[C@H]3C[C@@H](C(=O)Nc4cccc(C(=O)O)c4)N(Cc4cccc(Cl)c4Cl)C3)[C@H](C)[C@H]12. The zero-order valence-electron chi connectivity index (χ0n) is 22.7. The number of rotatable bonds is 9. The van der Waals surface area contributed by atoms with Crippen molar-refractivity contribution < 1.29 is 34.5 Å². The number of carbonyl (C=O) groups excluding carboxylic acids is 2. The van der Waals surface area contributed by atoms with Gasteiger partial charge in [0.25, 0.3) is 0 Å². The molecule has 222 valence electrons. The molecule has 2 aromatic carbocycles. The molecule has 0 bridgehead atoms. The van der Waals surface area contributed by atoms with Crippen molar-refractivity contribution in [3.8, 4) is 0 Å².